The Morgan fingerprint density at radius 1 is 1.17 bits per heavy atom. The van der Waals surface area contributed by atoms with Crippen molar-refractivity contribution in [2.75, 3.05) is 0 Å². The number of rotatable bonds is 1. The van der Waals surface area contributed by atoms with Gasteiger partial charge in [0.25, 0.3) is 0 Å². The largest absolute Gasteiger partial charge is 0.493 e. The Hall–Kier alpha value is -1.77. The second-order valence-electron chi connectivity index (χ2n) is 2.46. The highest BCUT2D eigenvalue weighted by Gasteiger charge is 1.99. The van der Waals surface area contributed by atoms with Crippen LogP contribution in [0.1, 0.15) is 0 Å². The number of imidazole rings is 1. The van der Waals surface area contributed by atoms with E-state index in [-0.39, 0.29) is 5.88 Å². The van der Waals surface area contributed by atoms with E-state index in [4.69, 9.17) is 0 Å². The molecular weight excluding hydrogens is 152 g/mol. The molecule has 0 aliphatic carbocycles. The van der Waals surface area contributed by atoms with Crippen LogP contribution in [0.15, 0.2) is 42.9 Å². The molecule has 0 atom stereocenters. The van der Waals surface area contributed by atoms with Gasteiger partial charge in [0, 0.05) is 0 Å². The fraction of sp³-hybridized carbons (Fsp3) is 0. The van der Waals surface area contributed by atoms with Crippen LogP contribution < -0.4 is 0 Å². The lowest BCUT2D eigenvalue weighted by atomic mass is 10.3. The molecule has 0 saturated heterocycles. The van der Waals surface area contributed by atoms with Gasteiger partial charge in [0.05, 0.1) is 11.9 Å². The van der Waals surface area contributed by atoms with Crippen LogP contribution in [0.2, 0.25) is 0 Å². The Labute approximate surface area is 69.9 Å². The first kappa shape index (κ1) is 6.91. The van der Waals surface area contributed by atoms with Crippen molar-refractivity contribution in [2.45, 2.75) is 0 Å². The van der Waals surface area contributed by atoms with Gasteiger partial charge in [0.1, 0.15) is 6.33 Å². The number of benzene rings is 1. The maximum Gasteiger partial charge on any atom is 0.215 e. The summed E-state index contributed by atoms with van der Waals surface area (Å²) in [4.78, 5) is 3.81. The second kappa shape index (κ2) is 2.70. The van der Waals surface area contributed by atoms with Gasteiger partial charge in [-0.1, -0.05) is 18.2 Å². The summed E-state index contributed by atoms with van der Waals surface area (Å²) >= 11 is 0. The molecule has 0 amide bonds. The first-order valence-electron chi connectivity index (χ1n) is 3.64. The first-order chi connectivity index (χ1) is 5.88. The SMILES string of the molecule is Oc1cncn1-c1ccccc1. The van der Waals surface area contributed by atoms with Crippen molar-refractivity contribution in [2.24, 2.45) is 0 Å². The van der Waals surface area contributed by atoms with Crippen LogP contribution in [0.3, 0.4) is 0 Å². The summed E-state index contributed by atoms with van der Waals surface area (Å²) in [6, 6.07) is 9.56. The van der Waals surface area contributed by atoms with Crippen LogP contribution in [0.4, 0.5) is 0 Å². The summed E-state index contributed by atoms with van der Waals surface area (Å²) < 4.78 is 1.61. The lowest BCUT2D eigenvalue weighted by Crippen LogP contribution is -1.89. The molecule has 1 N–H and O–H groups in total. The molecule has 12 heavy (non-hydrogen) atoms. The molecule has 1 heterocycles. The molecule has 0 saturated carbocycles. The fourth-order valence-corrected chi connectivity index (χ4v) is 1.08. The van der Waals surface area contributed by atoms with Gasteiger partial charge in [-0.2, -0.15) is 0 Å². The van der Waals surface area contributed by atoms with Crippen molar-refractivity contribution in [1.29, 1.82) is 0 Å². The Balaban J connectivity index is 2.51. The van der Waals surface area contributed by atoms with E-state index in [0.29, 0.717) is 0 Å². The average molecular weight is 160 g/mol. The van der Waals surface area contributed by atoms with Gasteiger partial charge in [0.2, 0.25) is 5.88 Å². The van der Waals surface area contributed by atoms with Crippen LogP contribution in [0, 0.1) is 0 Å². The van der Waals surface area contributed by atoms with E-state index in [1.165, 1.54) is 6.20 Å². The quantitative estimate of drug-likeness (QED) is 0.687. The summed E-state index contributed by atoms with van der Waals surface area (Å²) in [6.45, 7) is 0. The minimum Gasteiger partial charge on any atom is -0.493 e. The number of aromatic nitrogens is 2. The predicted molar refractivity (Wildman–Crippen MR) is 45.2 cm³/mol. The van der Waals surface area contributed by atoms with E-state index < -0.39 is 0 Å². The van der Waals surface area contributed by atoms with E-state index in [1.807, 2.05) is 30.3 Å². The third kappa shape index (κ3) is 1.05. The minimum atomic E-state index is 0.154. The third-order valence-electron chi connectivity index (χ3n) is 1.65. The van der Waals surface area contributed by atoms with E-state index in [1.54, 1.807) is 10.9 Å². The molecule has 0 unspecified atom stereocenters. The van der Waals surface area contributed by atoms with Crippen molar-refractivity contribution in [3.05, 3.63) is 42.9 Å². The monoisotopic (exact) mass is 160 g/mol. The minimum absolute atomic E-state index is 0.154. The van der Waals surface area contributed by atoms with Gasteiger partial charge >= 0.3 is 0 Å². The van der Waals surface area contributed by atoms with Crippen LogP contribution >= 0.6 is 0 Å². The molecule has 2 aromatic rings. The Bertz CT molecular complexity index is 367. The number of para-hydroxylation sites is 1. The van der Waals surface area contributed by atoms with E-state index in [2.05, 4.69) is 4.98 Å². The lowest BCUT2D eigenvalue weighted by Gasteiger charge is -2.01. The molecule has 0 radical (unpaired) electrons. The number of nitrogens with zero attached hydrogens (tertiary/aromatic N) is 2. The smallest absolute Gasteiger partial charge is 0.215 e. The number of hydrogen-bond acceptors (Lipinski definition) is 2. The van der Waals surface area contributed by atoms with E-state index in [0.717, 1.165) is 5.69 Å². The van der Waals surface area contributed by atoms with Gasteiger partial charge in [-0.25, -0.2) is 4.98 Å². The molecule has 0 fully saturated rings. The third-order valence-corrected chi connectivity index (χ3v) is 1.65. The molecular formula is C9H8N2O. The van der Waals surface area contributed by atoms with Crippen LogP contribution in [-0.4, -0.2) is 14.7 Å². The summed E-state index contributed by atoms with van der Waals surface area (Å²) in [6.07, 6.45) is 2.98. The van der Waals surface area contributed by atoms with Crippen molar-refractivity contribution < 1.29 is 5.11 Å². The molecule has 3 heteroatoms. The fourth-order valence-electron chi connectivity index (χ4n) is 1.08. The summed E-state index contributed by atoms with van der Waals surface area (Å²) in [5.41, 5.74) is 0.910. The van der Waals surface area contributed by atoms with Crippen molar-refractivity contribution in [3.63, 3.8) is 0 Å². The maximum atomic E-state index is 9.30. The maximum absolute atomic E-state index is 9.30. The number of aromatic hydroxyl groups is 1. The van der Waals surface area contributed by atoms with E-state index in [9.17, 15) is 5.11 Å². The zero-order valence-corrected chi connectivity index (χ0v) is 6.38. The Morgan fingerprint density at radius 3 is 2.50 bits per heavy atom. The summed E-state index contributed by atoms with van der Waals surface area (Å²) in [7, 11) is 0. The molecule has 3 nitrogen and oxygen atoms in total. The van der Waals surface area contributed by atoms with Gasteiger partial charge in [-0.15, -0.1) is 0 Å². The van der Waals surface area contributed by atoms with Gasteiger partial charge in [0.15, 0.2) is 0 Å². The highest BCUT2D eigenvalue weighted by atomic mass is 16.3. The normalized spacial score (nSPS) is 10.0. The zero-order valence-electron chi connectivity index (χ0n) is 6.38. The average Bonchev–Trinajstić information content (AvgIpc) is 2.53. The Morgan fingerprint density at radius 2 is 1.92 bits per heavy atom. The van der Waals surface area contributed by atoms with Crippen LogP contribution in [0.5, 0.6) is 5.88 Å². The second-order valence-corrected chi connectivity index (χ2v) is 2.46. The molecule has 1 aromatic heterocycles. The molecule has 0 aliphatic rings. The molecule has 0 spiro atoms. The van der Waals surface area contributed by atoms with Gasteiger partial charge in [-0.05, 0) is 12.1 Å². The van der Waals surface area contributed by atoms with Crippen LogP contribution in [0.25, 0.3) is 5.69 Å². The van der Waals surface area contributed by atoms with E-state index >= 15 is 0 Å². The highest BCUT2D eigenvalue weighted by Crippen LogP contribution is 2.14. The lowest BCUT2D eigenvalue weighted by molar-refractivity contribution is 0.442. The standard InChI is InChI=1S/C9H8N2O/c12-9-6-10-7-11(9)8-4-2-1-3-5-8/h1-7,12H. The zero-order chi connectivity index (χ0) is 8.39. The summed E-state index contributed by atoms with van der Waals surface area (Å²) in [5, 5.41) is 9.30. The molecule has 0 aliphatic heterocycles. The van der Waals surface area contributed by atoms with Crippen molar-refractivity contribution >= 4 is 0 Å². The van der Waals surface area contributed by atoms with Gasteiger partial charge < -0.3 is 5.11 Å². The summed E-state index contributed by atoms with van der Waals surface area (Å²) in [5.74, 6) is 0.154. The highest BCUT2D eigenvalue weighted by molar-refractivity contribution is 5.34. The van der Waals surface area contributed by atoms with Crippen LogP contribution in [-0.2, 0) is 0 Å². The first-order valence-corrected chi connectivity index (χ1v) is 3.64. The predicted octanol–water partition coefficient (Wildman–Crippen LogP) is 1.58. The van der Waals surface area contributed by atoms with Gasteiger partial charge in [-0.3, -0.25) is 4.57 Å². The molecule has 60 valence electrons. The molecule has 0 bridgehead atoms. The number of hydrogen-bond donors (Lipinski definition) is 1. The molecule has 2 rings (SSSR count). The molecule has 1 aromatic carbocycles. The van der Waals surface area contributed by atoms with Crippen molar-refractivity contribution in [1.82, 2.24) is 9.55 Å². The topological polar surface area (TPSA) is 38.1 Å². The van der Waals surface area contributed by atoms with Crippen molar-refractivity contribution in [3.8, 4) is 11.6 Å². The Kier molecular flexibility index (Phi) is 1.55.